The van der Waals surface area contributed by atoms with Crippen molar-refractivity contribution in [2.45, 2.75) is 24.9 Å². The van der Waals surface area contributed by atoms with Crippen molar-refractivity contribution < 1.29 is 24.3 Å². The van der Waals surface area contributed by atoms with Crippen LogP contribution in [0.25, 0.3) is 0 Å². The Morgan fingerprint density at radius 1 is 1.19 bits per heavy atom. The van der Waals surface area contributed by atoms with E-state index in [1.807, 2.05) is 0 Å². The fourth-order valence-electron chi connectivity index (χ4n) is 3.52. The highest BCUT2D eigenvalue weighted by molar-refractivity contribution is 6.09. The maximum Gasteiger partial charge on any atom is 0.325 e. The average Bonchev–Trinajstić information content (AvgIpc) is 2.98. The van der Waals surface area contributed by atoms with E-state index < -0.39 is 41.9 Å². The summed E-state index contributed by atoms with van der Waals surface area (Å²) in [5.41, 5.74) is 0.501. The van der Waals surface area contributed by atoms with Crippen LogP contribution >= 0.6 is 0 Å². The van der Waals surface area contributed by atoms with Crippen molar-refractivity contribution >= 4 is 30.0 Å². The van der Waals surface area contributed by atoms with Crippen LogP contribution in [0.3, 0.4) is 0 Å². The predicted octanol–water partition coefficient (Wildman–Crippen LogP) is 1.08. The van der Waals surface area contributed by atoms with Crippen molar-refractivity contribution in [3.05, 3.63) is 71.3 Å². The maximum atomic E-state index is 13.0. The van der Waals surface area contributed by atoms with Crippen LogP contribution < -0.4 is 16.5 Å². The maximum absolute atomic E-state index is 13.0. The molecule has 2 aromatic carbocycles. The second-order valence-electron chi connectivity index (χ2n) is 7.48. The molecule has 0 bridgehead atoms. The van der Waals surface area contributed by atoms with Gasteiger partial charge in [-0.15, -0.1) is 0 Å². The Bertz CT molecular complexity index is 1050. The normalized spacial score (nSPS) is 19.1. The van der Waals surface area contributed by atoms with Crippen LogP contribution in [0.15, 0.2) is 59.7 Å². The molecule has 1 saturated heterocycles. The van der Waals surface area contributed by atoms with Crippen molar-refractivity contribution in [3.8, 4) is 0 Å². The van der Waals surface area contributed by atoms with Crippen LogP contribution in [-0.4, -0.2) is 46.6 Å². The number of urea groups is 1. The van der Waals surface area contributed by atoms with Crippen LogP contribution in [0.2, 0.25) is 0 Å². The molecular formula is C22H23N5O5. The lowest BCUT2D eigenvalue weighted by Crippen LogP contribution is -2.44. The number of hydrazone groups is 1. The molecule has 10 nitrogen and oxygen atoms in total. The quantitative estimate of drug-likeness (QED) is 0.210. The SMILES string of the molecule is C[C@]1(c2ccc(C=NN)cc2)NC(=O)N(CC(=O)N[C@H](CC(=O)O)c2ccccc2)C1=O. The van der Waals surface area contributed by atoms with E-state index in [0.717, 1.165) is 10.5 Å². The first-order valence-electron chi connectivity index (χ1n) is 9.78. The molecule has 0 saturated carbocycles. The van der Waals surface area contributed by atoms with Crippen molar-refractivity contribution in [2.24, 2.45) is 10.9 Å². The number of hydrogen-bond donors (Lipinski definition) is 4. The third-order valence-electron chi connectivity index (χ3n) is 5.20. The topological polar surface area (TPSA) is 154 Å². The number of amides is 4. The van der Waals surface area contributed by atoms with Gasteiger partial charge in [-0.3, -0.25) is 19.3 Å². The molecule has 1 heterocycles. The van der Waals surface area contributed by atoms with E-state index in [0.29, 0.717) is 11.1 Å². The Kier molecular flexibility index (Phi) is 6.53. The molecule has 10 heteroatoms. The van der Waals surface area contributed by atoms with Crippen molar-refractivity contribution in [2.75, 3.05) is 6.54 Å². The van der Waals surface area contributed by atoms with E-state index in [-0.39, 0.29) is 6.42 Å². The van der Waals surface area contributed by atoms with Crippen LogP contribution in [0.1, 0.15) is 36.1 Å². The molecule has 32 heavy (non-hydrogen) atoms. The van der Waals surface area contributed by atoms with Crippen molar-refractivity contribution in [1.82, 2.24) is 15.5 Å². The summed E-state index contributed by atoms with van der Waals surface area (Å²) in [5.74, 6) is 2.80. The minimum Gasteiger partial charge on any atom is -0.481 e. The van der Waals surface area contributed by atoms with Gasteiger partial charge in [-0.1, -0.05) is 54.6 Å². The zero-order chi connectivity index (χ0) is 23.3. The molecule has 0 aliphatic carbocycles. The van der Waals surface area contributed by atoms with Gasteiger partial charge >= 0.3 is 12.0 Å². The predicted molar refractivity (Wildman–Crippen MR) is 115 cm³/mol. The Hall–Kier alpha value is -4.21. The molecule has 0 radical (unpaired) electrons. The van der Waals surface area contributed by atoms with E-state index in [2.05, 4.69) is 15.7 Å². The molecule has 2 atom stereocenters. The highest BCUT2D eigenvalue weighted by Crippen LogP contribution is 2.29. The van der Waals surface area contributed by atoms with Gasteiger partial charge in [0.1, 0.15) is 12.1 Å². The number of rotatable bonds is 8. The molecule has 0 aromatic heterocycles. The molecule has 1 fully saturated rings. The monoisotopic (exact) mass is 437 g/mol. The van der Waals surface area contributed by atoms with E-state index >= 15 is 0 Å². The Morgan fingerprint density at radius 2 is 1.84 bits per heavy atom. The largest absolute Gasteiger partial charge is 0.481 e. The first kappa shape index (κ1) is 22.5. The fraction of sp³-hybridized carbons (Fsp3) is 0.227. The Labute approximate surface area is 184 Å². The minimum absolute atomic E-state index is 0.341. The number of imide groups is 1. The van der Waals surface area contributed by atoms with Crippen molar-refractivity contribution in [1.29, 1.82) is 0 Å². The van der Waals surface area contributed by atoms with Gasteiger partial charge in [-0.05, 0) is 23.6 Å². The first-order chi connectivity index (χ1) is 15.2. The zero-order valence-corrected chi connectivity index (χ0v) is 17.3. The summed E-state index contributed by atoms with van der Waals surface area (Å²) >= 11 is 0. The minimum atomic E-state index is -1.35. The molecule has 2 aromatic rings. The Morgan fingerprint density at radius 3 is 2.44 bits per heavy atom. The number of carbonyl (C=O) groups is 4. The summed E-state index contributed by atoms with van der Waals surface area (Å²) in [4.78, 5) is 50.2. The van der Waals surface area contributed by atoms with Gasteiger partial charge in [-0.2, -0.15) is 5.10 Å². The number of carboxylic acids is 1. The smallest absolute Gasteiger partial charge is 0.325 e. The van der Waals surface area contributed by atoms with Crippen LogP contribution in [0, 0.1) is 0 Å². The van der Waals surface area contributed by atoms with Crippen LogP contribution in [0.4, 0.5) is 4.79 Å². The molecule has 166 valence electrons. The van der Waals surface area contributed by atoms with Gasteiger partial charge in [-0.25, -0.2) is 4.79 Å². The van der Waals surface area contributed by atoms with Crippen molar-refractivity contribution in [3.63, 3.8) is 0 Å². The summed E-state index contributed by atoms with van der Waals surface area (Å²) in [6, 6.07) is 13.8. The van der Waals surface area contributed by atoms with Gasteiger partial charge in [0.2, 0.25) is 5.91 Å². The average molecular weight is 437 g/mol. The second-order valence-corrected chi connectivity index (χ2v) is 7.48. The van der Waals surface area contributed by atoms with E-state index in [4.69, 9.17) is 5.84 Å². The number of aliphatic carboxylic acids is 1. The highest BCUT2D eigenvalue weighted by Gasteiger charge is 2.49. The third kappa shape index (κ3) is 4.75. The van der Waals surface area contributed by atoms with E-state index in [9.17, 15) is 24.3 Å². The number of benzene rings is 2. The number of hydrogen-bond acceptors (Lipinski definition) is 6. The number of nitrogens with zero attached hydrogens (tertiary/aromatic N) is 2. The van der Waals surface area contributed by atoms with Crippen LogP contribution in [-0.2, 0) is 19.9 Å². The number of nitrogens with two attached hydrogens (primary N) is 1. The summed E-state index contributed by atoms with van der Waals surface area (Å²) in [5, 5.41) is 17.8. The number of nitrogens with one attached hydrogen (secondary N) is 2. The summed E-state index contributed by atoms with van der Waals surface area (Å²) in [6.45, 7) is 1.01. The standard InChI is InChI=1S/C22H23N5O5/c1-22(16-9-7-14(8-10-16)12-24-23)20(31)27(21(32)26-22)13-18(28)25-17(11-19(29)30)15-5-3-2-4-6-15/h2-10,12,17H,11,13,23H2,1H3,(H,25,28)(H,26,32)(H,29,30)/t17-,22-/m1/s1. The lowest BCUT2D eigenvalue weighted by Gasteiger charge is -2.23. The molecule has 5 N–H and O–H groups in total. The summed E-state index contributed by atoms with van der Waals surface area (Å²) in [6.07, 6.45) is 1.10. The van der Waals surface area contributed by atoms with Gasteiger partial charge < -0.3 is 21.6 Å². The van der Waals surface area contributed by atoms with E-state index in [1.54, 1.807) is 61.5 Å². The van der Waals surface area contributed by atoms with Gasteiger partial charge in [0, 0.05) is 0 Å². The summed E-state index contributed by atoms with van der Waals surface area (Å²) < 4.78 is 0. The third-order valence-corrected chi connectivity index (χ3v) is 5.20. The molecular weight excluding hydrogens is 414 g/mol. The molecule has 4 amide bonds. The molecule has 0 unspecified atom stereocenters. The van der Waals surface area contributed by atoms with Gasteiger partial charge in [0.05, 0.1) is 18.7 Å². The highest BCUT2D eigenvalue weighted by atomic mass is 16.4. The molecule has 0 spiro atoms. The number of carboxylic acid groups (broad SMARTS) is 1. The zero-order valence-electron chi connectivity index (χ0n) is 17.3. The first-order valence-corrected chi connectivity index (χ1v) is 9.78. The second kappa shape index (κ2) is 9.29. The van der Waals surface area contributed by atoms with Crippen LogP contribution in [0.5, 0.6) is 0 Å². The lowest BCUT2D eigenvalue weighted by atomic mass is 9.91. The Balaban J connectivity index is 1.74. The lowest BCUT2D eigenvalue weighted by molar-refractivity contribution is -0.138. The molecule has 1 aliphatic rings. The van der Waals surface area contributed by atoms with Gasteiger partial charge in [0.15, 0.2) is 0 Å². The number of carbonyl (C=O) groups excluding carboxylic acids is 3. The molecule has 3 rings (SSSR count). The molecule has 1 aliphatic heterocycles. The van der Waals surface area contributed by atoms with E-state index in [1.165, 1.54) is 6.21 Å². The van der Waals surface area contributed by atoms with Gasteiger partial charge in [0.25, 0.3) is 5.91 Å². The fourth-order valence-corrected chi connectivity index (χ4v) is 3.52. The summed E-state index contributed by atoms with van der Waals surface area (Å²) in [7, 11) is 0.